The first-order valence-corrected chi connectivity index (χ1v) is 11.3. The Hall–Kier alpha value is -2.08. The number of pyridine rings is 1. The van der Waals surface area contributed by atoms with Crippen molar-refractivity contribution in [1.82, 2.24) is 4.98 Å². The monoisotopic (exact) mass is 383 g/mol. The van der Waals surface area contributed by atoms with Crippen LogP contribution >= 0.6 is 0 Å². The average molecular weight is 384 g/mol. The van der Waals surface area contributed by atoms with Crippen LogP contribution in [-0.2, 0) is 10.0 Å². The van der Waals surface area contributed by atoms with E-state index in [2.05, 4.69) is 15.0 Å². The van der Waals surface area contributed by atoms with E-state index in [0.717, 1.165) is 23.6 Å². The maximum absolute atomic E-state index is 12.4. The van der Waals surface area contributed by atoms with Crippen molar-refractivity contribution < 1.29 is 8.42 Å². The van der Waals surface area contributed by atoms with Gasteiger partial charge in [-0.15, -0.1) is 0 Å². The van der Waals surface area contributed by atoms with E-state index in [0.29, 0.717) is 5.69 Å². The summed E-state index contributed by atoms with van der Waals surface area (Å²) >= 11 is 0. The molecule has 2 N–H and O–H groups in total. The van der Waals surface area contributed by atoms with Crippen LogP contribution in [0.1, 0.15) is 38.5 Å². The van der Waals surface area contributed by atoms with Crippen molar-refractivity contribution in [1.29, 1.82) is 0 Å². The maximum atomic E-state index is 12.4. The summed E-state index contributed by atoms with van der Waals surface area (Å²) in [5.41, 5.74) is 0.683. The zero-order valence-corrected chi connectivity index (χ0v) is 16.1. The van der Waals surface area contributed by atoms with Crippen LogP contribution in [0.3, 0.4) is 0 Å². The number of hydrogen-bond acceptors (Lipinski definition) is 4. The summed E-state index contributed by atoms with van der Waals surface area (Å²) in [6.07, 6.45) is 9.59. The van der Waals surface area contributed by atoms with Gasteiger partial charge in [0, 0.05) is 5.54 Å². The van der Waals surface area contributed by atoms with Gasteiger partial charge < -0.3 is 5.32 Å². The minimum atomic E-state index is -3.58. The number of aromatic nitrogens is 1. The molecular formula is C21H25N3O2S. The lowest BCUT2D eigenvalue weighted by molar-refractivity contribution is 0.0105. The highest BCUT2D eigenvalue weighted by molar-refractivity contribution is 7.92. The van der Waals surface area contributed by atoms with Crippen molar-refractivity contribution in [3.8, 4) is 0 Å². The van der Waals surface area contributed by atoms with Crippen LogP contribution in [0.5, 0.6) is 0 Å². The van der Waals surface area contributed by atoms with Gasteiger partial charge in [0.1, 0.15) is 5.82 Å². The maximum Gasteiger partial charge on any atom is 0.261 e. The van der Waals surface area contributed by atoms with Crippen LogP contribution in [0.2, 0.25) is 0 Å². The number of nitrogens with one attached hydrogen (secondary N) is 2. The summed E-state index contributed by atoms with van der Waals surface area (Å²) in [4.78, 5) is 4.75. The first-order chi connectivity index (χ1) is 13.0. The van der Waals surface area contributed by atoms with Gasteiger partial charge in [0.2, 0.25) is 0 Å². The minimum Gasteiger partial charge on any atom is -0.365 e. The topological polar surface area (TPSA) is 71.1 Å². The van der Waals surface area contributed by atoms with Gasteiger partial charge in [0.05, 0.1) is 16.8 Å². The summed E-state index contributed by atoms with van der Waals surface area (Å²) in [5.74, 6) is 3.47. The van der Waals surface area contributed by atoms with Gasteiger partial charge in [-0.1, -0.05) is 18.2 Å². The van der Waals surface area contributed by atoms with Crippen LogP contribution in [0, 0.1) is 17.8 Å². The molecule has 4 fully saturated rings. The zero-order valence-electron chi connectivity index (χ0n) is 15.3. The van der Waals surface area contributed by atoms with E-state index in [4.69, 9.17) is 0 Å². The van der Waals surface area contributed by atoms with E-state index >= 15 is 0 Å². The van der Waals surface area contributed by atoms with Crippen LogP contribution in [-0.4, -0.2) is 18.9 Å². The fourth-order valence-electron chi connectivity index (χ4n) is 5.88. The van der Waals surface area contributed by atoms with Gasteiger partial charge >= 0.3 is 0 Å². The Kier molecular flexibility index (Phi) is 3.93. The smallest absolute Gasteiger partial charge is 0.261 e. The predicted octanol–water partition coefficient (Wildman–Crippen LogP) is 4.26. The molecule has 0 atom stereocenters. The Labute approximate surface area is 160 Å². The van der Waals surface area contributed by atoms with Crippen molar-refractivity contribution >= 4 is 21.5 Å². The lowest BCUT2D eigenvalue weighted by Crippen LogP contribution is -2.54. The van der Waals surface area contributed by atoms with Crippen molar-refractivity contribution in [3.05, 3.63) is 48.7 Å². The highest BCUT2D eigenvalue weighted by Crippen LogP contribution is 2.56. The normalized spacial score (nSPS) is 31.6. The number of sulfonamides is 1. The van der Waals surface area contributed by atoms with Crippen LogP contribution in [0.25, 0.3) is 0 Å². The second kappa shape index (κ2) is 6.23. The number of benzene rings is 1. The number of nitrogens with zero attached hydrogens (tertiary/aromatic N) is 1. The summed E-state index contributed by atoms with van der Waals surface area (Å²) in [6, 6.07) is 12.1. The van der Waals surface area contributed by atoms with Gasteiger partial charge in [-0.05, 0) is 80.5 Å². The van der Waals surface area contributed by atoms with Gasteiger partial charge in [0.15, 0.2) is 0 Å². The van der Waals surface area contributed by atoms with E-state index in [1.165, 1.54) is 38.5 Å². The SMILES string of the molecule is O=S(=O)(Nc1ccc(NC23CC4CC(CC(C4)C2)C3)nc1)c1ccccc1. The Morgan fingerprint density at radius 3 is 2.07 bits per heavy atom. The molecule has 142 valence electrons. The third kappa shape index (κ3) is 3.31. The predicted molar refractivity (Wildman–Crippen MR) is 106 cm³/mol. The summed E-state index contributed by atoms with van der Waals surface area (Å²) in [5, 5.41) is 3.72. The molecular weight excluding hydrogens is 358 g/mol. The van der Waals surface area contributed by atoms with E-state index < -0.39 is 10.0 Å². The quantitative estimate of drug-likeness (QED) is 0.809. The number of hydrogen-bond donors (Lipinski definition) is 2. The first-order valence-electron chi connectivity index (χ1n) is 9.82. The number of anilines is 2. The summed E-state index contributed by atoms with van der Waals surface area (Å²) < 4.78 is 27.5. The summed E-state index contributed by atoms with van der Waals surface area (Å²) in [7, 11) is -3.58. The molecule has 1 aromatic carbocycles. The lowest BCUT2D eigenvalue weighted by Gasteiger charge is -2.57. The Morgan fingerprint density at radius 1 is 0.889 bits per heavy atom. The Balaban J connectivity index is 1.30. The number of rotatable bonds is 5. The molecule has 27 heavy (non-hydrogen) atoms. The van der Waals surface area contributed by atoms with E-state index in [-0.39, 0.29) is 10.4 Å². The fraction of sp³-hybridized carbons (Fsp3) is 0.476. The molecule has 1 aromatic heterocycles. The molecule has 0 saturated heterocycles. The molecule has 1 heterocycles. The first kappa shape index (κ1) is 17.0. The molecule has 4 aliphatic carbocycles. The average Bonchev–Trinajstić information content (AvgIpc) is 2.62. The second-order valence-corrected chi connectivity index (χ2v) is 10.4. The zero-order chi connectivity index (χ0) is 18.5. The molecule has 4 aliphatic rings. The van der Waals surface area contributed by atoms with Gasteiger partial charge in [-0.2, -0.15) is 0 Å². The molecule has 0 aliphatic heterocycles. The van der Waals surface area contributed by atoms with Crippen molar-refractivity contribution in [3.63, 3.8) is 0 Å². The third-order valence-electron chi connectivity index (χ3n) is 6.50. The van der Waals surface area contributed by atoms with E-state index in [9.17, 15) is 8.42 Å². The van der Waals surface area contributed by atoms with Gasteiger partial charge in [-0.3, -0.25) is 4.72 Å². The van der Waals surface area contributed by atoms with E-state index in [1.54, 1.807) is 42.6 Å². The lowest BCUT2D eigenvalue weighted by atomic mass is 9.53. The molecule has 6 heteroatoms. The summed E-state index contributed by atoms with van der Waals surface area (Å²) in [6.45, 7) is 0. The van der Waals surface area contributed by atoms with Gasteiger partial charge in [-0.25, -0.2) is 13.4 Å². The van der Waals surface area contributed by atoms with Crippen molar-refractivity contribution in [2.75, 3.05) is 10.0 Å². The third-order valence-corrected chi connectivity index (χ3v) is 7.90. The van der Waals surface area contributed by atoms with Crippen molar-refractivity contribution in [2.45, 2.75) is 49.0 Å². The molecule has 0 amide bonds. The molecule has 5 nitrogen and oxygen atoms in total. The molecule has 2 aromatic rings. The molecule has 0 spiro atoms. The molecule has 0 unspecified atom stereocenters. The van der Waals surface area contributed by atoms with Crippen LogP contribution < -0.4 is 10.0 Å². The van der Waals surface area contributed by atoms with Crippen LogP contribution in [0.15, 0.2) is 53.6 Å². The standard InChI is InChI=1S/C21H25N3O2S/c25-27(26,19-4-2-1-3-5-19)24-18-6-7-20(22-14-18)23-21-11-15-8-16(12-21)10-17(9-15)13-21/h1-7,14-17,24H,8-13H2,(H,22,23). The molecule has 4 saturated carbocycles. The fourth-order valence-corrected chi connectivity index (χ4v) is 6.94. The Bertz CT molecular complexity index is 890. The largest absolute Gasteiger partial charge is 0.365 e. The highest BCUT2D eigenvalue weighted by Gasteiger charge is 2.51. The molecule has 4 bridgehead atoms. The molecule has 0 radical (unpaired) electrons. The Morgan fingerprint density at radius 2 is 1.52 bits per heavy atom. The van der Waals surface area contributed by atoms with Crippen molar-refractivity contribution in [2.24, 2.45) is 17.8 Å². The molecule has 6 rings (SSSR count). The minimum absolute atomic E-state index is 0.201. The van der Waals surface area contributed by atoms with Crippen LogP contribution in [0.4, 0.5) is 11.5 Å². The van der Waals surface area contributed by atoms with Gasteiger partial charge in [0.25, 0.3) is 10.0 Å². The highest BCUT2D eigenvalue weighted by atomic mass is 32.2. The second-order valence-electron chi connectivity index (χ2n) is 8.67. The van der Waals surface area contributed by atoms with E-state index in [1.807, 2.05) is 6.07 Å².